The number of hydrogen-bond acceptors (Lipinski definition) is 10. The summed E-state index contributed by atoms with van der Waals surface area (Å²) in [4.78, 5) is 29.6. The molecule has 1 amide bonds. The van der Waals surface area contributed by atoms with E-state index in [1.807, 2.05) is 23.3 Å². The number of anilines is 1. The van der Waals surface area contributed by atoms with E-state index < -0.39 is 5.97 Å². The molecule has 278 valence electrons. The van der Waals surface area contributed by atoms with E-state index in [9.17, 15) is 9.59 Å². The van der Waals surface area contributed by atoms with E-state index in [-0.39, 0.29) is 17.7 Å². The number of carbonyl (C=O) groups is 2. The monoisotopic (exact) mass is 727 g/mol. The van der Waals surface area contributed by atoms with Gasteiger partial charge in [0, 0.05) is 62.4 Å². The number of unbranched alkanes of at least 4 members (excludes halogenated alkanes) is 1. The Kier molecular flexibility index (Phi) is 15.5. The Morgan fingerprint density at radius 3 is 2.00 bits per heavy atom. The molecule has 5 rings (SSSR count). The zero-order valence-electron chi connectivity index (χ0n) is 29.2. The number of benzene rings is 1. The summed E-state index contributed by atoms with van der Waals surface area (Å²) in [7, 11) is 0. The lowest BCUT2D eigenvalue weighted by Crippen LogP contribution is -2.44. The predicted octanol–water partition coefficient (Wildman–Crippen LogP) is 4.71. The molecule has 0 bridgehead atoms. The predicted molar refractivity (Wildman–Crippen MR) is 193 cm³/mol. The van der Waals surface area contributed by atoms with Gasteiger partial charge < -0.3 is 39.0 Å². The van der Waals surface area contributed by atoms with Crippen LogP contribution in [0.25, 0.3) is 22.3 Å². The molecule has 2 N–H and O–H groups in total. The number of piperidine rings is 1. The molecule has 2 aliphatic rings. The number of ether oxygens (including phenoxy) is 5. The number of carboxylic acid groups (broad SMARTS) is 1. The number of nitrogens with zero attached hydrogens (tertiary/aromatic N) is 4. The number of carbonyl (C=O) groups excluding carboxylic acids is 1. The number of hydrogen-bond donors (Lipinski definition) is 2. The number of amides is 1. The summed E-state index contributed by atoms with van der Waals surface area (Å²) in [5.74, 6) is -0.580. The molecular formula is C37H50ClN5O8. The topological polar surface area (TPSA) is 146 Å². The largest absolute Gasteiger partial charge is 0.481 e. The molecule has 4 heterocycles. The standard InChI is InChI=1S/C37H50ClN5O8/c38-33-27-39-26-32(35(33)42-12-9-37(10-13-42)8-11-40-36(37)46)30-6-4-29(5-7-30)31-25-41-43(28-31)14-16-48-18-20-50-22-24-51-23-21-49-19-17-47-15-2-1-3-34(44)45/h4-7,25-28H,1-3,8-24H2,(H,40,46)(H,44,45). The minimum atomic E-state index is -0.776. The van der Waals surface area contributed by atoms with Crippen molar-refractivity contribution in [1.29, 1.82) is 0 Å². The van der Waals surface area contributed by atoms with Crippen LogP contribution < -0.4 is 10.2 Å². The Labute approximate surface area is 304 Å². The van der Waals surface area contributed by atoms with Crippen molar-refractivity contribution in [2.75, 3.05) is 90.6 Å². The van der Waals surface area contributed by atoms with Crippen LogP contribution in [0.1, 0.15) is 38.5 Å². The minimum Gasteiger partial charge on any atom is -0.481 e. The highest BCUT2D eigenvalue weighted by Crippen LogP contribution is 2.43. The van der Waals surface area contributed by atoms with Gasteiger partial charge in [-0.1, -0.05) is 35.9 Å². The summed E-state index contributed by atoms with van der Waals surface area (Å²) >= 11 is 6.72. The number of carboxylic acids is 1. The van der Waals surface area contributed by atoms with Crippen LogP contribution in [0, 0.1) is 5.41 Å². The maximum atomic E-state index is 12.5. The van der Waals surface area contributed by atoms with Crippen LogP contribution in [0.4, 0.5) is 5.69 Å². The van der Waals surface area contributed by atoms with E-state index in [0.717, 1.165) is 73.3 Å². The molecule has 3 aromatic rings. The first-order valence-corrected chi connectivity index (χ1v) is 18.2. The van der Waals surface area contributed by atoms with Crippen LogP contribution >= 0.6 is 11.6 Å². The maximum Gasteiger partial charge on any atom is 0.303 e. The molecule has 0 atom stereocenters. The van der Waals surface area contributed by atoms with Crippen molar-refractivity contribution in [3.05, 3.63) is 54.1 Å². The fraction of sp³-hybridized carbons (Fsp3) is 0.568. The Morgan fingerprint density at radius 1 is 0.784 bits per heavy atom. The number of rotatable bonds is 23. The van der Waals surface area contributed by atoms with Gasteiger partial charge in [0.25, 0.3) is 0 Å². The number of aliphatic carboxylic acids is 1. The third kappa shape index (κ3) is 11.7. The van der Waals surface area contributed by atoms with Crippen molar-refractivity contribution in [3.8, 4) is 22.3 Å². The average molecular weight is 728 g/mol. The van der Waals surface area contributed by atoms with E-state index in [1.54, 1.807) is 6.20 Å². The van der Waals surface area contributed by atoms with E-state index >= 15 is 0 Å². The van der Waals surface area contributed by atoms with Crippen LogP contribution in [0.5, 0.6) is 0 Å². The van der Waals surface area contributed by atoms with Crippen LogP contribution in [-0.4, -0.2) is 117 Å². The molecule has 0 aliphatic carbocycles. The van der Waals surface area contributed by atoms with Gasteiger partial charge in [0.1, 0.15) is 0 Å². The summed E-state index contributed by atoms with van der Waals surface area (Å²) in [5.41, 5.74) is 4.85. The van der Waals surface area contributed by atoms with Gasteiger partial charge in [0.2, 0.25) is 5.91 Å². The highest BCUT2D eigenvalue weighted by Gasteiger charge is 2.44. The number of nitrogens with one attached hydrogen (secondary N) is 1. The van der Waals surface area contributed by atoms with E-state index in [1.165, 1.54) is 0 Å². The number of pyridine rings is 1. The van der Waals surface area contributed by atoms with Crippen molar-refractivity contribution >= 4 is 29.2 Å². The van der Waals surface area contributed by atoms with Gasteiger partial charge in [-0.3, -0.25) is 19.3 Å². The lowest BCUT2D eigenvalue weighted by Gasteiger charge is -2.39. The maximum absolute atomic E-state index is 12.5. The normalized spacial score (nSPS) is 15.5. The Hall–Kier alpha value is -3.59. The second-order valence-electron chi connectivity index (χ2n) is 12.8. The van der Waals surface area contributed by atoms with Gasteiger partial charge in [0.15, 0.2) is 0 Å². The summed E-state index contributed by atoms with van der Waals surface area (Å²) in [5, 5.41) is 16.7. The highest BCUT2D eigenvalue weighted by molar-refractivity contribution is 6.33. The van der Waals surface area contributed by atoms with E-state index in [0.29, 0.717) is 84.1 Å². The van der Waals surface area contributed by atoms with Crippen molar-refractivity contribution in [2.45, 2.75) is 45.1 Å². The zero-order valence-corrected chi connectivity index (χ0v) is 30.0. The lowest BCUT2D eigenvalue weighted by atomic mass is 9.77. The van der Waals surface area contributed by atoms with E-state index in [2.05, 4.69) is 44.6 Å². The van der Waals surface area contributed by atoms with Gasteiger partial charge in [0.05, 0.1) is 88.3 Å². The first kappa shape index (κ1) is 38.6. The second-order valence-corrected chi connectivity index (χ2v) is 13.2. The quantitative estimate of drug-likeness (QED) is 0.131. The van der Waals surface area contributed by atoms with Crippen molar-refractivity contribution in [3.63, 3.8) is 0 Å². The Bertz CT molecular complexity index is 1510. The molecule has 0 unspecified atom stereocenters. The van der Waals surface area contributed by atoms with Gasteiger partial charge in [-0.05, 0) is 43.2 Å². The molecule has 0 radical (unpaired) electrons. The van der Waals surface area contributed by atoms with Crippen molar-refractivity contribution in [2.24, 2.45) is 5.41 Å². The molecule has 2 aliphatic heterocycles. The Balaban J connectivity index is 0.931. The molecule has 51 heavy (non-hydrogen) atoms. The summed E-state index contributed by atoms with van der Waals surface area (Å²) < 4.78 is 29.5. The summed E-state index contributed by atoms with van der Waals surface area (Å²) in [6.07, 6.45) is 11.5. The van der Waals surface area contributed by atoms with Crippen LogP contribution in [0.3, 0.4) is 0 Å². The molecule has 0 saturated carbocycles. The molecular weight excluding hydrogens is 678 g/mol. The second kappa shape index (κ2) is 20.4. The molecule has 1 spiro atoms. The SMILES string of the molecule is O=C(O)CCCCOCCOCCOCCOCCOCCn1cc(-c2ccc(-c3cncc(Cl)c3N3CCC4(CCNC4=O)CC3)cc2)cn1. The van der Waals surface area contributed by atoms with Gasteiger partial charge in [-0.15, -0.1) is 0 Å². The molecule has 1 aromatic carbocycles. The van der Waals surface area contributed by atoms with Crippen LogP contribution in [-0.2, 0) is 39.8 Å². The molecule has 2 aromatic heterocycles. The summed E-state index contributed by atoms with van der Waals surface area (Å²) in [6, 6.07) is 8.37. The average Bonchev–Trinajstić information content (AvgIpc) is 3.76. The van der Waals surface area contributed by atoms with Gasteiger partial charge in [-0.2, -0.15) is 5.10 Å². The van der Waals surface area contributed by atoms with Crippen molar-refractivity contribution in [1.82, 2.24) is 20.1 Å². The van der Waals surface area contributed by atoms with Crippen LogP contribution in [0.15, 0.2) is 49.1 Å². The smallest absolute Gasteiger partial charge is 0.303 e. The Morgan fingerprint density at radius 2 is 1.39 bits per heavy atom. The third-order valence-corrected chi connectivity index (χ3v) is 9.60. The summed E-state index contributed by atoms with van der Waals surface area (Å²) in [6.45, 7) is 7.92. The van der Waals surface area contributed by atoms with E-state index in [4.69, 9.17) is 40.4 Å². The molecule has 2 fully saturated rings. The fourth-order valence-corrected chi connectivity index (χ4v) is 6.69. The number of aromatic nitrogens is 3. The highest BCUT2D eigenvalue weighted by atomic mass is 35.5. The first-order valence-electron chi connectivity index (χ1n) is 17.9. The fourth-order valence-electron chi connectivity index (χ4n) is 6.41. The third-order valence-electron chi connectivity index (χ3n) is 9.32. The van der Waals surface area contributed by atoms with Gasteiger partial charge >= 0.3 is 5.97 Å². The minimum absolute atomic E-state index is 0.179. The first-order chi connectivity index (χ1) is 24.9. The van der Waals surface area contributed by atoms with Crippen molar-refractivity contribution < 1.29 is 38.4 Å². The molecule has 2 saturated heterocycles. The van der Waals surface area contributed by atoms with Crippen LogP contribution in [0.2, 0.25) is 5.02 Å². The molecule has 14 heteroatoms. The lowest BCUT2D eigenvalue weighted by molar-refractivity contribution is -0.137. The molecule has 13 nitrogen and oxygen atoms in total. The van der Waals surface area contributed by atoms with Gasteiger partial charge in [-0.25, -0.2) is 0 Å². The zero-order chi connectivity index (χ0) is 35.7. The number of halogens is 1.